The molecule has 1 saturated heterocycles. The van der Waals surface area contributed by atoms with Gasteiger partial charge in [-0.25, -0.2) is 0 Å². The zero-order chi connectivity index (χ0) is 12.6. The predicted octanol–water partition coefficient (Wildman–Crippen LogP) is 2.79. The fourth-order valence-corrected chi connectivity index (χ4v) is 3.14. The zero-order valence-corrected chi connectivity index (χ0v) is 10.6. The van der Waals surface area contributed by atoms with Gasteiger partial charge in [0.1, 0.15) is 0 Å². The number of carboxylic acid groups (broad SMARTS) is 1. The second-order valence-corrected chi connectivity index (χ2v) is 5.56. The van der Waals surface area contributed by atoms with Crippen molar-refractivity contribution in [1.82, 2.24) is 0 Å². The van der Waals surface area contributed by atoms with Gasteiger partial charge in [0.25, 0.3) is 0 Å². The Morgan fingerprint density at radius 3 is 2.50 bits per heavy atom. The van der Waals surface area contributed by atoms with Crippen molar-refractivity contribution in [1.29, 1.82) is 0 Å². The van der Waals surface area contributed by atoms with Crippen LogP contribution in [0.2, 0.25) is 0 Å². The van der Waals surface area contributed by atoms with Crippen molar-refractivity contribution in [3.8, 4) is 0 Å². The lowest BCUT2D eigenvalue weighted by molar-refractivity contribution is -0.137. The molecule has 2 aliphatic rings. The van der Waals surface area contributed by atoms with Crippen LogP contribution in [0.3, 0.4) is 0 Å². The molecule has 18 heavy (non-hydrogen) atoms. The average Bonchev–Trinajstić information content (AvgIpc) is 2.93. The second-order valence-electron chi connectivity index (χ2n) is 5.56. The molecule has 0 aromatic heterocycles. The van der Waals surface area contributed by atoms with Crippen LogP contribution in [0.4, 0.5) is 5.69 Å². The van der Waals surface area contributed by atoms with Crippen LogP contribution in [-0.4, -0.2) is 24.2 Å². The van der Waals surface area contributed by atoms with Crippen LogP contribution < -0.4 is 4.90 Å². The van der Waals surface area contributed by atoms with Crippen molar-refractivity contribution in [2.24, 2.45) is 0 Å². The van der Waals surface area contributed by atoms with Crippen molar-refractivity contribution in [3.05, 3.63) is 29.8 Å². The SMILES string of the molecule is O=C(O)CC1(c2ccccc2N2CCCC2)CC1. The lowest BCUT2D eigenvalue weighted by atomic mass is 9.90. The molecule has 0 spiro atoms. The van der Waals surface area contributed by atoms with E-state index in [0.29, 0.717) is 0 Å². The van der Waals surface area contributed by atoms with Gasteiger partial charge in [0, 0.05) is 24.2 Å². The van der Waals surface area contributed by atoms with Gasteiger partial charge in [-0.05, 0) is 37.3 Å². The van der Waals surface area contributed by atoms with Crippen LogP contribution in [0.15, 0.2) is 24.3 Å². The smallest absolute Gasteiger partial charge is 0.304 e. The van der Waals surface area contributed by atoms with Crippen LogP contribution in [0, 0.1) is 0 Å². The van der Waals surface area contributed by atoms with Crippen LogP contribution in [-0.2, 0) is 10.2 Å². The van der Waals surface area contributed by atoms with Crippen LogP contribution in [0.1, 0.15) is 37.7 Å². The lowest BCUT2D eigenvalue weighted by Crippen LogP contribution is -2.23. The van der Waals surface area contributed by atoms with Gasteiger partial charge >= 0.3 is 5.97 Å². The molecule has 3 heteroatoms. The van der Waals surface area contributed by atoms with Crippen LogP contribution in [0.25, 0.3) is 0 Å². The fourth-order valence-electron chi connectivity index (χ4n) is 3.14. The monoisotopic (exact) mass is 245 g/mol. The lowest BCUT2D eigenvalue weighted by Gasteiger charge is -2.25. The Bertz CT molecular complexity index is 459. The predicted molar refractivity (Wildman–Crippen MR) is 71.1 cm³/mol. The highest BCUT2D eigenvalue weighted by Crippen LogP contribution is 2.54. The van der Waals surface area contributed by atoms with E-state index in [4.69, 9.17) is 5.11 Å². The summed E-state index contributed by atoms with van der Waals surface area (Å²) in [4.78, 5) is 13.5. The summed E-state index contributed by atoms with van der Waals surface area (Å²) < 4.78 is 0. The number of aliphatic carboxylic acids is 1. The third-order valence-electron chi connectivity index (χ3n) is 4.27. The summed E-state index contributed by atoms with van der Waals surface area (Å²) in [6.45, 7) is 2.22. The zero-order valence-electron chi connectivity index (χ0n) is 10.6. The second kappa shape index (κ2) is 4.30. The summed E-state index contributed by atoms with van der Waals surface area (Å²) >= 11 is 0. The van der Waals surface area contributed by atoms with Crippen molar-refractivity contribution in [3.63, 3.8) is 0 Å². The van der Waals surface area contributed by atoms with E-state index < -0.39 is 5.97 Å². The molecule has 0 bridgehead atoms. The molecule has 1 heterocycles. The first-order valence-corrected chi connectivity index (χ1v) is 6.78. The Morgan fingerprint density at radius 1 is 1.22 bits per heavy atom. The first-order valence-electron chi connectivity index (χ1n) is 6.78. The highest BCUT2D eigenvalue weighted by molar-refractivity contribution is 5.72. The standard InChI is InChI=1S/C15H19NO2/c17-14(18)11-15(7-8-15)12-5-1-2-6-13(12)16-9-3-4-10-16/h1-2,5-6H,3-4,7-11H2,(H,17,18). The molecule has 1 saturated carbocycles. The van der Waals surface area contributed by atoms with Gasteiger partial charge in [-0.15, -0.1) is 0 Å². The molecule has 0 radical (unpaired) electrons. The summed E-state index contributed by atoms with van der Waals surface area (Å²) in [5, 5.41) is 9.09. The quantitative estimate of drug-likeness (QED) is 0.886. The maximum absolute atomic E-state index is 11.0. The van der Waals surface area contributed by atoms with Crippen molar-refractivity contribution in [2.75, 3.05) is 18.0 Å². The maximum atomic E-state index is 11.0. The number of hydrogen-bond acceptors (Lipinski definition) is 2. The number of para-hydroxylation sites is 1. The van der Waals surface area contributed by atoms with Gasteiger partial charge in [-0.3, -0.25) is 4.79 Å². The number of hydrogen-bond donors (Lipinski definition) is 1. The molecule has 1 aliphatic heterocycles. The molecule has 1 aromatic rings. The van der Waals surface area contributed by atoms with Gasteiger partial charge in [0.05, 0.1) is 6.42 Å². The Morgan fingerprint density at radius 2 is 1.89 bits per heavy atom. The van der Waals surface area contributed by atoms with Crippen LogP contribution >= 0.6 is 0 Å². The van der Waals surface area contributed by atoms with Gasteiger partial charge in [-0.2, -0.15) is 0 Å². The Kier molecular flexibility index (Phi) is 2.77. The topological polar surface area (TPSA) is 40.5 Å². The van der Waals surface area contributed by atoms with Gasteiger partial charge in [-0.1, -0.05) is 18.2 Å². The van der Waals surface area contributed by atoms with Crippen molar-refractivity contribution < 1.29 is 9.90 Å². The van der Waals surface area contributed by atoms with E-state index in [9.17, 15) is 4.79 Å². The summed E-state index contributed by atoms with van der Waals surface area (Å²) in [6.07, 6.45) is 4.81. The molecule has 1 N–H and O–H groups in total. The molecule has 0 unspecified atom stereocenters. The van der Waals surface area contributed by atoms with E-state index in [1.807, 2.05) is 6.07 Å². The molecule has 0 amide bonds. The third-order valence-corrected chi connectivity index (χ3v) is 4.27. The minimum Gasteiger partial charge on any atom is -0.481 e. The minimum atomic E-state index is -0.677. The molecule has 96 valence electrons. The highest BCUT2D eigenvalue weighted by atomic mass is 16.4. The van der Waals surface area contributed by atoms with Gasteiger partial charge in [0.2, 0.25) is 0 Å². The Balaban J connectivity index is 1.94. The Hall–Kier alpha value is -1.51. The largest absolute Gasteiger partial charge is 0.481 e. The minimum absolute atomic E-state index is 0.0784. The van der Waals surface area contributed by atoms with Crippen molar-refractivity contribution >= 4 is 11.7 Å². The highest BCUT2D eigenvalue weighted by Gasteiger charge is 2.47. The van der Waals surface area contributed by atoms with E-state index in [-0.39, 0.29) is 11.8 Å². The van der Waals surface area contributed by atoms with Gasteiger partial charge < -0.3 is 10.0 Å². The number of carbonyl (C=O) groups is 1. The summed E-state index contributed by atoms with van der Waals surface area (Å²) in [5.41, 5.74) is 2.45. The summed E-state index contributed by atoms with van der Waals surface area (Å²) in [7, 11) is 0. The average molecular weight is 245 g/mol. The van der Waals surface area contributed by atoms with E-state index in [0.717, 1.165) is 25.9 Å². The number of anilines is 1. The normalized spacial score (nSPS) is 21.0. The first-order chi connectivity index (χ1) is 8.71. The van der Waals surface area contributed by atoms with Crippen molar-refractivity contribution in [2.45, 2.75) is 37.5 Å². The molecule has 0 atom stereocenters. The summed E-state index contributed by atoms with van der Waals surface area (Å²) in [5.74, 6) is -0.677. The molecule has 3 rings (SSSR count). The summed E-state index contributed by atoms with van der Waals surface area (Å²) in [6, 6.07) is 8.39. The molecular formula is C15H19NO2. The van der Waals surface area contributed by atoms with E-state index in [1.165, 1.54) is 24.1 Å². The number of benzene rings is 1. The van der Waals surface area contributed by atoms with E-state index >= 15 is 0 Å². The van der Waals surface area contributed by atoms with Gasteiger partial charge in [0.15, 0.2) is 0 Å². The van der Waals surface area contributed by atoms with E-state index in [1.54, 1.807) is 0 Å². The molecule has 3 nitrogen and oxygen atoms in total. The number of rotatable bonds is 4. The molecular weight excluding hydrogens is 226 g/mol. The number of nitrogens with zero attached hydrogens (tertiary/aromatic N) is 1. The number of carboxylic acids is 1. The maximum Gasteiger partial charge on any atom is 0.304 e. The Labute approximate surface area is 107 Å². The van der Waals surface area contributed by atoms with E-state index in [2.05, 4.69) is 23.1 Å². The molecule has 1 aromatic carbocycles. The molecule has 1 aliphatic carbocycles. The fraction of sp³-hybridized carbons (Fsp3) is 0.533. The molecule has 2 fully saturated rings. The third kappa shape index (κ3) is 1.98. The first kappa shape index (κ1) is 11.6. The van der Waals surface area contributed by atoms with Crippen LogP contribution in [0.5, 0.6) is 0 Å².